The summed E-state index contributed by atoms with van der Waals surface area (Å²) in [5, 5.41) is 2.66. The van der Waals surface area contributed by atoms with E-state index in [2.05, 4.69) is 5.32 Å². The highest BCUT2D eigenvalue weighted by molar-refractivity contribution is 8.00. The third kappa shape index (κ3) is 4.51. The molecule has 1 aromatic carbocycles. The van der Waals surface area contributed by atoms with E-state index >= 15 is 0 Å². The molecule has 0 saturated carbocycles. The van der Waals surface area contributed by atoms with Gasteiger partial charge in [-0.2, -0.15) is 0 Å². The van der Waals surface area contributed by atoms with Crippen molar-refractivity contribution in [1.29, 1.82) is 0 Å². The van der Waals surface area contributed by atoms with Gasteiger partial charge in [-0.25, -0.2) is 0 Å². The first-order chi connectivity index (χ1) is 7.08. The van der Waals surface area contributed by atoms with Gasteiger partial charge in [0.1, 0.15) is 0 Å². The van der Waals surface area contributed by atoms with Crippen molar-refractivity contribution in [3.8, 4) is 0 Å². The lowest BCUT2D eigenvalue weighted by Gasteiger charge is -2.04. The van der Waals surface area contributed by atoms with E-state index in [1.807, 2.05) is 12.1 Å². The summed E-state index contributed by atoms with van der Waals surface area (Å²) in [4.78, 5) is 22.3. The number of nitrogens with two attached hydrogens (primary N) is 1. The van der Waals surface area contributed by atoms with Gasteiger partial charge in [-0.15, -0.1) is 11.8 Å². The molecule has 4 nitrogen and oxygen atoms in total. The number of anilines is 1. The van der Waals surface area contributed by atoms with Gasteiger partial charge >= 0.3 is 0 Å². The molecule has 5 heteroatoms. The van der Waals surface area contributed by atoms with Gasteiger partial charge in [0.05, 0.1) is 5.75 Å². The summed E-state index contributed by atoms with van der Waals surface area (Å²) in [6.45, 7) is 1.45. The molecule has 80 valence electrons. The molecule has 0 saturated heterocycles. The highest BCUT2D eigenvalue weighted by Gasteiger charge is 2.00. The van der Waals surface area contributed by atoms with Gasteiger partial charge in [0.2, 0.25) is 11.8 Å². The first-order valence-electron chi connectivity index (χ1n) is 4.36. The maximum atomic E-state index is 10.8. The van der Waals surface area contributed by atoms with Crippen molar-refractivity contribution in [1.82, 2.24) is 0 Å². The van der Waals surface area contributed by atoms with Crippen LogP contribution in [0.25, 0.3) is 0 Å². The average molecular weight is 224 g/mol. The standard InChI is InChI=1S/C10H12N2O2S/c1-7(13)12-8-3-2-4-9(5-8)15-6-10(11)14/h2-5H,6H2,1H3,(H2,11,14)(H,12,13). The second-order valence-electron chi connectivity index (χ2n) is 2.96. The molecule has 1 rings (SSSR count). The van der Waals surface area contributed by atoms with Crippen LogP contribution in [0.2, 0.25) is 0 Å². The number of hydrogen-bond acceptors (Lipinski definition) is 3. The van der Waals surface area contributed by atoms with Gasteiger partial charge in [0.25, 0.3) is 0 Å². The van der Waals surface area contributed by atoms with E-state index in [9.17, 15) is 9.59 Å². The van der Waals surface area contributed by atoms with Crippen LogP contribution in [0.5, 0.6) is 0 Å². The van der Waals surface area contributed by atoms with Crippen molar-refractivity contribution in [2.45, 2.75) is 11.8 Å². The number of hydrogen-bond donors (Lipinski definition) is 2. The molecule has 2 amide bonds. The van der Waals surface area contributed by atoms with Crippen molar-refractivity contribution >= 4 is 29.3 Å². The third-order valence-electron chi connectivity index (χ3n) is 1.54. The smallest absolute Gasteiger partial charge is 0.227 e. The van der Waals surface area contributed by atoms with Crippen LogP contribution in [-0.4, -0.2) is 17.6 Å². The van der Waals surface area contributed by atoms with E-state index in [0.29, 0.717) is 0 Å². The van der Waals surface area contributed by atoms with E-state index in [4.69, 9.17) is 5.73 Å². The predicted octanol–water partition coefficient (Wildman–Crippen LogP) is 1.22. The Morgan fingerprint density at radius 3 is 2.80 bits per heavy atom. The third-order valence-corrected chi connectivity index (χ3v) is 2.55. The van der Waals surface area contributed by atoms with Crippen molar-refractivity contribution in [3.05, 3.63) is 24.3 Å². The quantitative estimate of drug-likeness (QED) is 0.755. The van der Waals surface area contributed by atoms with Gasteiger partial charge in [0, 0.05) is 17.5 Å². The van der Waals surface area contributed by atoms with E-state index in [1.165, 1.54) is 18.7 Å². The molecule has 3 N–H and O–H groups in total. The highest BCUT2D eigenvalue weighted by Crippen LogP contribution is 2.21. The largest absolute Gasteiger partial charge is 0.369 e. The molecule has 0 aromatic heterocycles. The molecule has 0 heterocycles. The summed E-state index contributed by atoms with van der Waals surface area (Å²) in [5.41, 5.74) is 5.75. The maximum Gasteiger partial charge on any atom is 0.227 e. The van der Waals surface area contributed by atoms with Crippen LogP contribution >= 0.6 is 11.8 Å². The number of carbonyl (C=O) groups is 2. The molecule has 1 aromatic rings. The number of primary amides is 1. The molecule has 0 atom stereocenters. The van der Waals surface area contributed by atoms with Crippen LogP contribution in [0.4, 0.5) is 5.69 Å². The molecule has 0 bridgehead atoms. The summed E-state index contributed by atoms with van der Waals surface area (Å²) in [6.07, 6.45) is 0. The molecular weight excluding hydrogens is 212 g/mol. The molecule has 0 aliphatic carbocycles. The molecule has 0 unspecified atom stereocenters. The second kappa shape index (κ2) is 5.41. The molecule has 0 fully saturated rings. The number of rotatable bonds is 4. The Bertz CT molecular complexity index is 379. The van der Waals surface area contributed by atoms with Gasteiger partial charge in [0.15, 0.2) is 0 Å². The SMILES string of the molecule is CC(=O)Nc1cccc(SCC(N)=O)c1. The van der Waals surface area contributed by atoms with Crippen molar-refractivity contribution in [2.75, 3.05) is 11.1 Å². The zero-order valence-electron chi connectivity index (χ0n) is 8.32. The van der Waals surface area contributed by atoms with Gasteiger partial charge in [-0.05, 0) is 18.2 Å². The average Bonchev–Trinajstić information content (AvgIpc) is 2.14. The molecule has 15 heavy (non-hydrogen) atoms. The lowest BCUT2D eigenvalue weighted by Crippen LogP contribution is -2.13. The van der Waals surface area contributed by atoms with Crippen LogP contribution in [0, 0.1) is 0 Å². The van der Waals surface area contributed by atoms with Gasteiger partial charge in [-0.1, -0.05) is 6.07 Å². The maximum absolute atomic E-state index is 10.8. The second-order valence-corrected chi connectivity index (χ2v) is 4.01. The Balaban J connectivity index is 2.65. The Labute approximate surface area is 92.2 Å². The number of carbonyl (C=O) groups excluding carboxylic acids is 2. The van der Waals surface area contributed by atoms with Crippen molar-refractivity contribution in [2.24, 2.45) is 5.73 Å². The topological polar surface area (TPSA) is 72.2 Å². The number of benzene rings is 1. The monoisotopic (exact) mass is 224 g/mol. The van der Waals surface area contributed by atoms with Crippen LogP contribution < -0.4 is 11.1 Å². The summed E-state index contributed by atoms with van der Waals surface area (Å²) in [7, 11) is 0. The summed E-state index contributed by atoms with van der Waals surface area (Å²) in [6, 6.07) is 7.26. The van der Waals surface area contributed by atoms with Crippen LogP contribution in [0.15, 0.2) is 29.2 Å². The lowest BCUT2D eigenvalue weighted by molar-refractivity contribution is -0.116. The number of nitrogens with one attached hydrogen (secondary N) is 1. The van der Waals surface area contributed by atoms with Gasteiger partial charge < -0.3 is 11.1 Å². The minimum atomic E-state index is -0.357. The fourth-order valence-corrected chi connectivity index (χ4v) is 1.72. The van der Waals surface area contributed by atoms with Crippen LogP contribution in [-0.2, 0) is 9.59 Å². The van der Waals surface area contributed by atoms with Crippen molar-refractivity contribution < 1.29 is 9.59 Å². The van der Waals surface area contributed by atoms with E-state index < -0.39 is 0 Å². The summed E-state index contributed by atoms with van der Waals surface area (Å²) in [5.74, 6) is -0.235. The minimum Gasteiger partial charge on any atom is -0.369 e. The fourth-order valence-electron chi connectivity index (χ4n) is 1.02. The Hall–Kier alpha value is -1.49. The summed E-state index contributed by atoms with van der Waals surface area (Å²) < 4.78 is 0. The van der Waals surface area contributed by atoms with E-state index in [-0.39, 0.29) is 17.6 Å². The zero-order valence-corrected chi connectivity index (χ0v) is 9.14. The first-order valence-corrected chi connectivity index (χ1v) is 5.35. The lowest BCUT2D eigenvalue weighted by atomic mass is 10.3. The first kappa shape index (κ1) is 11.6. The minimum absolute atomic E-state index is 0.118. The normalized spacial score (nSPS) is 9.67. The Morgan fingerprint density at radius 2 is 2.20 bits per heavy atom. The fraction of sp³-hybridized carbons (Fsp3) is 0.200. The van der Waals surface area contributed by atoms with E-state index in [1.54, 1.807) is 12.1 Å². The molecular formula is C10H12N2O2S. The zero-order chi connectivity index (χ0) is 11.3. The van der Waals surface area contributed by atoms with E-state index in [0.717, 1.165) is 10.6 Å². The highest BCUT2D eigenvalue weighted by atomic mass is 32.2. The summed E-state index contributed by atoms with van der Waals surface area (Å²) >= 11 is 1.34. The number of amides is 2. The molecule has 0 aliphatic heterocycles. The number of thioether (sulfide) groups is 1. The van der Waals surface area contributed by atoms with Crippen LogP contribution in [0.3, 0.4) is 0 Å². The Kier molecular flexibility index (Phi) is 4.17. The van der Waals surface area contributed by atoms with Crippen molar-refractivity contribution in [3.63, 3.8) is 0 Å². The van der Waals surface area contributed by atoms with Crippen LogP contribution in [0.1, 0.15) is 6.92 Å². The molecule has 0 radical (unpaired) electrons. The Morgan fingerprint density at radius 1 is 1.47 bits per heavy atom. The van der Waals surface area contributed by atoms with Gasteiger partial charge in [-0.3, -0.25) is 9.59 Å². The molecule has 0 aliphatic rings. The molecule has 0 spiro atoms. The predicted molar refractivity (Wildman–Crippen MR) is 60.7 cm³/mol.